The molecule has 0 unspecified atom stereocenters. The van der Waals surface area contributed by atoms with E-state index in [1.807, 2.05) is 31.2 Å². The van der Waals surface area contributed by atoms with Crippen LogP contribution in [-0.4, -0.2) is 23.3 Å². The van der Waals surface area contributed by atoms with Crippen LogP contribution in [0.1, 0.15) is 21.5 Å². The number of fused-ring (bicyclic) bond motifs is 1. The summed E-state index contributed by atoms with van der Waals surface area (Å²) in [5.74, 6) is -0.173. The first-order valence-corrected chi connectivity index (χ1v) is 6.77. The van der Waals surface area contributed by atoms with Gasteiger partial charge in [-0.05, 0) is 24.6 Å². The highest BCUT2D eigenvalue weighted by Gasteiger charge is 2.29. The van der Waals surface area contributed by atoms with Gasteiger partial charge in [-0.1, -0.05) is 42.0 Å². The molecule has 0 fully saturated rings. The van der Waals surface area contributed by atoms with Crippen LogP contribution in [0, 0.1) is 6.92 Å². The second-order valence-corrected chi connectivity index (χ2v) is 5.06. The number of nitrogens with zero attached hydrogens (tertiary/aromatic N) is 1. The van der Waals surface area contributed by atoms with E-state index in [0.29, 0.717) is 11.3 Å². The molecule has 4 nitrogen and oxygen atoms in total. The Morgan fingerprint density at radius 2 is 1.76 bits per heavy atom. The fraction of sp³-hybridized carbons (Fsp3) is 0.176. The van der Waals surface area contributed by atoms with E-state index in [9.17, 15) is 9.59 Å². The minimum Gasteiger partial charge on any atom is -0.483 e. The predicted octanol–water partition coefficient (Wildman–Crippen LogP) is 2.56. The molecule has 0 saturated heterocycles. The van der Waals surface area contributed by atoms with Crippen LogP contribution in [0.3, 0.4) is 0 Å². The first kappa shape index (κ1) is 13.4. The second-order valence-electron chi connectivity index (χ2n) is 5.06. The van der Waals surface area contributed by atoms with Gasteiger partial charge in [0.05, 0.1) is 12.1 Å². The number of aryl methyl sites for hydroxylation is 1. The number of hydrogen-bond donors (Lipinski definition) is 0. The number of carbonyl (C=O) groups excluding carboxylic acids is 2. The number of carbonyl (C=O) groups is 2. The van der Waals surface area contributed by atoms with Crippen LogP contribution in [0.2, 0.25) is 0 Å². The molecule has 0 radical (unpaired) electrons. The average Bonchev–Trinajstić information content (AvgIpc) is 2.62. The Balaban J connectivity index is 1.92. The summed E-state index contributed by atoms with van der Waals surface area (Å²) in [5.41, 5.74) is 2.48. The Hall–Kier alpha value is -2.62. The highest BCUT2D eigenvalue weighted by molar-refractivity contribution is 6.07. The van der Waals surface area contributed by atoms with Crippen LogP contribution < -0.4 is 4.74 Å². The van der Waals surface area contributed by atoms with Gasteiger partial charge in [0.2, 0.25) is 0 Å². The predicted molar refractivity (Wildman–Crippen MR) is 78.0 cm³/mol. The van der Waals surface area contributed by atoms with Crippen molar-refractivity contribution in [2.24, 2.45) is 0 Å². The zero-order valence-electron chi connectivity index (χ0n) is 11.7. The number of rotatable bonds is 2. The SMILES string of the molecule is Cc1ccc(CN2C(=O)COc3ccccc3C2=O)cc1. The van der Waals surface area contributed by atoms with Crippen molar-refractivity contribution in [3.63, 3.8) is 0 Å². The molecule has 0 aromatic heterocycles. The van der Waals surface area contributed by atoms with E-state index in [1.165, 1.54) is 4.90 Å². The van der Waals surface area contributed by atoms with Gasteiger partial charge in [0.1, 0.15) is 5.75 Å². The van der Waals surface area contributed by atoms with Crippen molar-refractivity contribution in [2.75, 3.05) is 6.61 Å². The zero-order chi connectivity index (χ0) is 14.8. The quantitative estimate of drug-likeness (QED) is 0.795. The molecule has 106 valence electrons. The maximum Gasteiger partial charge on any atom is 0.267 e. The van der Waals surface area contributed by atoms with Gasteiger partial charge in [0, 0.05) is 0 Å². The average molecular weight is 281 g/mol. The number of benzene rings is 2. The molecule has 0 spiro atoms. The minimum absolute atomic E-state index is 0.116. The van der Waals surface area contributed by atoms with Gasteiger partial charge in [-0.2, -0.15) is 0 Å². The van der Waals surface area contributed by atoms with E-state index >= 15 is 0 Å². The summed E-state index contributed by atoms with van der Waals surface area (Å²) >= 11 is 0. The molecule has 0 bridgehead atoms. The van der Waals surface area contributed by atoms with Crippen LogP contribution in [0.4, 0.5) is 0 Å². The topological polar surface area (TPSA) is 46.6 Å². The molecular formula is C17H15NO3. The van der Waals surface area contributed by atoms with E-state index in [2.05, 4.69) is 0 Å². The van der Waals surface area contributed by atoms with Crippen molar-refractivity contribution in [3.8, 4) is 5.75 Å². The summed E-state index contributed by atoms with van der Waals surface area (Å²) in [7, 11) is 0. The van der Waals surface area contributed by atoms with Crippen molar-refractivity contribution in [1.29, 1.82) is 0 Å². The summed E-state index contributed by atoms with van der Waals surface area (Å²) in [6.45, 7) is 2.14. The Labute approximate surface area is 123 Å². The van der Waals surface area contributed by atoms with Gasteiger partial charge in [-0.3, -0.25) is 14.5 Å². The Morgan fingerprint density at radius 1 is 1.05 bits per heavy atom. The molecule has 2 amide bonds. The van der Waals surface area contributed by atoms with Crippen LogP contribution in [0.5, 0.6) is 5.75 Å². The maximum absolute atomic E-state index is 12.5. The fourth-order valence-electron chi connectivity index (χ4n) is 2.28. The molecule has 1 aliphatic rings. The van der Waals surface area contributed by atoms with Gasteiger partial charge in [-0.25, -0.2) is 0 Å². The molecule has 0 atom stereocenters. The van der Waals surface area contributed by atoms with E-state index in [1.54, 1.807) is 24.3 Å². The first-order valence-electron chi connectivity index (χ1n) is 6.77. The van der Waals surface area contributed by atoms with Crippen molar-refractivity contribution in [3.05, 3.63) is 65.2 Å². The van der Waals surface area contributed by atoms with Crippen LogP contribution in [0.25, 0.3) is 0 Å². The van der Waals surface area contributed by atoms with Gasteiger partial charge in [-0.15, -0.1) is 0 Å². The molecule has 1 aliphatic heterocycles. The molecule has 21 heavy (non-hydrogen) atoms. The van der Waals surface area contributed by atoms with Crippen molar-refractivity contribution in [2.45, 2.75) is 13.5 Å². The van der Waals surface area contributed by atoms with E-state index in [-0.39, 0.29) is 25.0 Å². The maximum atomic E-state index is 12.5. The largest absolute Gasteiger partial charge is 0.483 e. The normalized spacial score (nSPS) is 14.4. The molecule has 0 N–H and O–H groups in total. The molecule has 2 aromatic carbocycles. The van der Waals surface area contributed by atoms with E-state index in [0.717, 1.165) is 11.1 Å². The van der Waals surface area contributed by atoms with Crippen molar-refractivity contribution < 1.29 is 14.3 Å². The third-order valence-electron chi connectivity index (χ3n) is 3.48. The summed E-state index contributed by atoms with van der Waals surface area (Å²) < 4.78 is 5.41. The molecule has 1 heterocycles. The third kappa shape index (κ3) is 2.65. The number of ether oxygens (including phenoxy) is 1. The number of amides is 2. The van der Waals surface area contributed by atoms with Gasteiger partial charge in [0.15, 0.2) is 6.61 Å². The third-order valence-corrected chi connectivity index (χ3v) is 3.48. The molecule has 2 aromatic rings. The standard InChI is InChI=1S/C17H15NO3/c1-12-6-8-13(9-7-12)10-18-16(19)11-21-15-5-3-2-4-14(15)17(18)20/h2-9H,10-11H2,1H3. The number of hydrogen-bond acceptors (Lipinski definition) is 3. The molecule has 0 saturated carbocycles. The highest BCUT2D eigenvalue weighted by Crippen LogP contribution is 2.24. The minimum atomic E-state index is -0.322. The molecule has 0 aliphatic carbocycles. The lowest BCUT2D eigenvalue weighted by Gasteiger charge is -2.18. The fourth-order valence-corrected chi connectivity index (χ4v) is 2.28. The Bertz CT molecular complexity index is 691. The first-order chi connectivity index (χ1) is 10.1. The summed E-state index contributed by atoms with van der Waals surface area (Å²) in [6.07, 6.45) is 0. The van der Waals surface area contributed by atoms with Crippen molar-refractivity contribution >= 4 is 11.8 Å². The summed E-state index contributed by atoms with van der Waals surface area (Å²) in [5, 5.41) is 0. The Morgan fingerprint density at radius 3 is 2.52 bits per heavy atom. The molecule has 4 heteroatoms. The van der Waals surface area contributed by atoms with Crippen LogP contribution in [0.15, 0.2) is 48.5 Å². The lowest BCUT2D eigenvalue weighted by Crippen LogP contribution is -2.37. The number of para-hydroxylation sites is 1. The molecular weight excluding hydrogens is 266 g/mol. The van der Waals surface area contributed by atoms with Gasteiger partial charge >= 0.3 is 0 Å². The van der Waals surface area contributed by atoms with Gasteiger partial charge in [0.25, 0.3) is 11.8 Å². The number of imide groups is 1. The lowest BCUT2D eigenvalue weighted by atomic mass is 10.1. The van der Waals surface area contributed by atoms with Gasteiger partial charge < -0.3 is 4.74 Å². The lowest BCUT2D eigenvalue weighted by molar-refractivity contribution is -0.130. The molecule has 3 rings (SSSR count). The van der Waals surface area contributed by atoms with E-state index in [4.69, 9.17) is 4.74 Å². The summed E-state index contributed by atoms with van der Waals surface area (Å²) in [4.78, 5) is 25.9. The van der Waals surface area contributed by atoms with Crippen LogP contribution in [-0.2, 0) is 11.3 Å². The Kier molecular flexibility index (Phi) is 3.44. The summed E-state index contributed by atoms with van der Waals surface area (Å²) in [6, 6.07) is 14.7. The van der Waals surface area contributed by atoms with Crippen molar-refractivity contribution in [1.82, 2.24) is 4.90 Å². The smallest absolute Gasteiger partial charge is 0.267 e. The zero-order valence-corrected chi connectivity index (χ0v) is 11.7. The highest BCUT2D eigenvalue weighted by atomic mass is 16.5. The second kappa shape index (κ2) is 5.40. The van der Waals surface area contributed by atoms with Crippen LogP contribution >= 0.6 is 0 Å². The monoisotopic (exact) mass is 281 g/mol. The van der Waals surface area contributed by atoms with E-state index < -0.39 is 0 Å².